The predicted molar refractivity (Wildman–Crippen MR) is 93.1 cm³/mol. The number of benzene rings is 2. The summed E-state index contributed by atoms with van der Waals surface area (Å²) in [5.41, 5.74) is 2.43. The van der Waals surface area contributed by atoms with Crippen molar-refractivity contribution in [3.8, 4) is 0 Å². The van der Waals surface area contributed by atoms with Crippen LogP contribution in [0, 0.1) is 5.92 Å². The predicted octanol–water partition coefficient (Wildman–Crippen LogP) is 4.21. The molecule has 2 heteroatoms. The van der Waals surface area contributed by atoms with Crippen LogP contribution < -0.4 is 0 Å². The van der Waals surface area contributed by atoms with Crippen molar-refractivity contribution in [3.63, 3.8) is 0 Å². The molecule has 1 atom stereocenters. The van der Waals surface area contributed by atoms with Crippen LogP contribution in [0.3, 0.4) is 0 Å². The summed E-state index contributed by atoms with van der Waals surface area (Å²) in [5.74, 6) is 0.940. The third kappa shape index (κ3) is 3.49. The lowest BCUT2D eigenvalue weighted by molar-refractivity contribution is -0.0540. The Kier molecular flexibility index (Phi) is 4.19. The van der Waals surface area contributed by atoms with E-state index in [1.807, 2.05) is 0 Å². The molecule has 0 aromatic heterocycles. The van der Waals surface area contributed by atoms with E-state index in [2.05, 4.69) is 65.6 Å². The van der Waals surface area contributed by atoms with Crippen molar-refractivity contribution in [2.75, 3.05) is 19.6 Å². The quantitative estimate of drug-likeness (QED) is 0.792. The fraction of sp³-hybridized carbons (Fsp3) is 0.429. The van der Waals surface area contributed by atoms with Gasteiger partial charge in [0.1, 0.15) is 5.60 Å². The third-order valence-corrected chi connectivity index (χ3v) is 5.18. The number of rotatable bonds is 6. The highest BCUT2D eigenvalue weighted by molar-refractivity contribution is 5.25. The van der Waals surface area contributed by atoms with E-state index in [9.17, 15) is 0 Å². The average molecular weight is 307 g/mol. The molecule has 2 nitrogen and oxygen atoms in total. The van der Waals surface area contributed by atoms with Gasteiger partial charge in [-0.3, -0.25) is 4.90 Å². The third-order valence-electron chi connectivity index (χ3n) is 5.18. The Bertz CT molecular complexity index is 623. The van der Waals surface area contributed by atoms with Crippen LogP contribution in [0.1, 0.15) is 30.4 Å². The van der Waals surface area contributed by atoms with Gasteiger partial charge in [0, 0.05) is 19.6 Å². The SMILES string of the molecule is c1ccc(COC2(c3ccccc3)CCN(CC3CC3)C2)cc1. The van der Waals surface area contributed by atoms with Gasteiger partial charge in [-0.25, -0.2) is 0 Å². The van der Waals surface area contributed by atoms with Gasteiger partial charge in [-0.15, -0.1) is 0 Å². The van der Waals surface area contributed by atoms with Crippen LogP contribution in [0.4, 0.5) is 0 Å². The summed E-state index contributed by atoms with van der Waals surface area (Å²) in [4.78, 5) is 2.61. The Morgan fingerprint density at radius 2 is 1.65 bits per heavy atom. The number of hydrogen-bond acceptors (Lipinski definition) is 2. The summed E-state index contributed by atoms with van der Waals surface area (Å²) in [6.07, 6.45) is 3.93. The Balaban J connectivity index is 1.52. The van der Waals surface area contributed by atoms with Crippen LogP contribution in [-0.4, -0.2) is 24.5 Å². The fourth-order valence-corrected chi connectivity index (χ4v) is 3.65. The van der Waals surface area contributed by atoms with Crippen LogP contribution >= 0.6 is 0 Å². The van der Waals surface area contributed by atoms with Gasteiger partial charge in [0.25, 0.3) is 0 Å². The second kappa shape index (κ2) is 6.46. The summed E-state index contributed by atoms with van der Waals surface area (Å²) < 4.78 is 6.55. The highest BCUT2D eigenvalue weighted by atomic mass is 16.5. The van der Waals surface area contributed by atoms with Crippen molar-refractivity contribution in [3.05, 3.63) is 71.8 Å². The minimum Gasteiger partial charge on any atom is -0.364 e. The molecule has 1 aliphatic carbocycles. The van der Waals surface area contributed by atoms with Crippen molar-refractivity contribution in [2.24, 2.45) is 5.92 Å². The lowest BCUT2D eigenvalue weighted by atomic mass is 9.92. The molecule has 1 unspecified atom stereocenters. The topological polar surface area (TPSA) is 12.5 Å². The van der Waals surface area contributed by atoms with Crippen molar-refractivity contribution >= 4 is 0 Å². The van der Waals surface area contributed by atoms with E-state index in [-0.39, 0.29) is 5.60 Å². The monoisotopic (exact) mass is 307 g/mol. The molecule has 0 spiro atoms. The summed E-state index contributed by atoms with van der Waals surface area (Å²) in [6, 6.07) is 21.3. The molecule has 0 N–H and O–H groups in total. The summed E-state index contributed by atoms with van der Waals surface area (Å²) in [7, 11) is 0. The Morgan fingerprint density at radius 3 is 2.35 bits per heavy atom. The first-order chi connectivity index (χ1) is 11.3. The van der Waals surface area contributed by atoms with Crippen LogP contribution in [0.2, 0.25) is 0 Å². The molecule has 1 heterocycles. The highest BCUT2D eigenvalue weighted by Gasteiger charge is 2.41. The van der Waals surface area contributed by atoms with Crippen molar-refractivity contribution in [1.29, 1.82) is 0 Å². The van der Waals surface area contributed by atoms with E-state index in [1.165, 1.54) is 30.5 Å². The first-order valence-electron chi connectivity index (χ1n) is 8.80. The van der Waals surface area contributed by atoms with Crippen molar-refractivity contribution < 1.29 is 4.74 Å². The van der Waals surface area contributed by atoms with E-state index in [4.69, 9.17) is 4.74 Å². The minimum absolute atomic E-state index is 0.147. The molecule has 4 rings (SSSR count). The van der Waals surface area contributed by atoms with Crippen molar-refractivity contribution in [1.82, 2.24) is 4.90 Å². The maximum absolute atomic E-state index is 6.55. The van der Waals surface area contributed by atoms with Crippen LogP contribution in [0.25, 0.3) is 0 Å². The number of ether oxygens (including phenoxy) is 1. The molecule has 2 aromatic carbocycles. The Hall–Kier alpha value is -1.64. The zero-order chi connectivity index (χ0) is 15.5. The maximum Gasteiger partial charge on any atom is 0.107 e. The van der Waals surface area contributed by atoms with Gasteiger partial charge in [0.2, 0.25) is 0 Å². The molecule has 0 amide bonds. The highest BCUT2D eigenvalue weighted by Crippen LogP contribution is 2.39. The second-order valence-electron chi connectivity index (χ2n) is 7.06. The molecule has 1 saturated heterocycles. The van der Waals surface area contributed by atoms with E-state index in [0.717, 1.165) is 25.4 Å². The molecule has 2 fully saturated rings. The normalized spacial score (nSPS) is 24.9. The first kappa shape index (κ1) is 14.9. The van der Waals surface area contributed by atoms with Gasteiger partial charge in [-0.1, -0.05) is 60.7 Å². The molecular formula is C21H25NO. The number of nitrogens with zero attached hydrogens (tertiary/aromatic N) is 1. The van der Waals surface area contributed by atoms with Gasteiger partial charge in [0.15, 0.2) is 0 Å². The molecule has 1 saturated carbocycles. The molecule has 0 bridgehead atoms. The van der Waals surface area contributed by atoms with Crippen LogP contribution in [0.15, 0.2) is 60.7 Å². The van der Waals surface area contributed by atoms with E-state index in [1.54, 1.807) is 0 Å². The maximum atomic E-state index is 6.55. The molecule has 2 aromatic rings. The Morgan fingerprint density at radius 1 is 0.957 bits per heavy atom. The standard InChI is InChI=1S/C21H25NO/c1-3-7-19(8-4-1)16-23-21(20-9-5-2-6-10-20)13-14-22(17-21)15-18-11-12-18/h1-10,18H,11-17H2. The summed E-state index contributed by atoms with van der Waals surface area (Å²) >= 11 is 0. The number of likely N-dealkylation sites (tertiary alicyclic amines) is 1. The summed E-state index contributed by atoms with van der Waals surface area (Å²) in [5, 5.41) is 0. The molecule has 120 valence electrons. The first-order valence-corrected chi connectivity index (χ1v) is 8.80. The van der Waals surface area contributed by atoms with Gasteiger partial charge in [-0.05, 0) is 36.3 Å². The zero-order valence-electron chi connectivity index (χ0n) is 13.7. The largest absolute Gasteiger partial charge is 0.364 e. The molecule has 23 heavy (non-hydrogen) atoms. The average Bonchev–Trinajstić information content (AvgIpc) is 3.33. The molecule has 0 radical (unpaired) electrons. The zero-order valence-corrected chi connectivity index (χ0v) is 13.7. The minimum atomic E-state index is -0.147. The van der Waals surface area contributed by atoms with Crippen molar-refractivity contribution in [2.45, 2.75) is 31.5 Å². The van der Waals surface area contributed by atoms with E-state index < -0.39 is 0 Å². The smallest absolute Gasteiger partial charge is 0.107 e. The van der Waals surface area contributed by atoms with E-state index in [0.29, 0.717) is 6.61 Å². The lowest BCUT2D eigenvalue weighted by Gasteiger charge is -2.31. The van der Waals surface area contributed by atoms with Crippen LogP contribution in [0.5, 0.6) is 0 Å². The number of hydrogen-bond donors (Lipinski definition) is 0. The fourth-order valence-electron chi connectivity index (χ4n) is 3.65. The Labute approximate surface area is 139 Å². The van der Waals surface area contributed by atoms with Crippen LogP contribution in [-0.2, 0) is 16.9 Å². The van der Waals surface area contributed by atoms with Gasteiger partial charge < -0.3 is 4.74 Å². The molecule has 2 aliphatic rings. The molecule has 1 aliphatic heterocycles. The summed E-state index contributed by atoms with van der Waals surface area (Å²) in [6.45, 7) is 4.12. The lowest BCUT2D eigenvalue weighted by Crippen LogP contribution is -2.34. The van der Waals surface area contributed by atoms with Gasteiger partial charge >= 0.3 is 0 Å². The van der Waals surface area contributed by atoms with E-state index >= 15 is 0 Å². The second-order valence-corrected chi connectivity index (χ2v) is 7.06. The van der Waals surface area contributed by atoms with Gasteiger partial charge in [-0.2, -0.15) is 0 Å². The molecular weight excluding hydrogens is 282 g/mol. The van der Waals surface area contributed by atoms with Gasteiger partial charge in [0.05, 0.1) is 6.61 Å².